The van der Waals surface area contributed by atoms with Crippen molar-refractivity contribution in [3.05, 3.63) is 0 Å². The lowest BCUT2D eigenvalue weighted by Gasteiger charge is -2.34. The summed E-state index contributed by atoms with van der Waals surface area (Å²) in [7, 11) is 0. The topological polar surface area (TPSA) is 64.3 Å². The molecule has 0 aromatic carbocycles. The van der Waals surface area contributed by atoms with E-state index in [9.17, 15) is 4.79 Å². The van der Waals surface area contributed by atoms with E-state index in [1.807, 2.05) is 0 Å². The maximum atomic E-state index is 12.2. The minimum atomic E-state index is 0.000626. The molecule has 4 unspecified atom stereocenters. The van der Waals surface area contributed by atoms with Gasteiger partial charge in [-0.25, -0.2) is 0 Å². The van der Waals surface area contributed by atoms with E-state index < -0.39 is 0 Å². The Morgan fingerprint density at radius 3 is 2.82 bits per heavy atom. The molecule has 0 aromatic rings. The molecule has 1 saturated heterocycles. The van der Waals surface area contributed by atoms with Crippen LogP contribution in [0.3, 0.4) is 0 Å². The fourth-order valence-corrected chi connectivity index (χ4v) is 2.91. The van der Waals surface area contributed by atoms with E-state index in [2.05, 4.69) is 12.2 Å². The van der Waals surface area contributed by atoms with Crippen molar-refractivity contribution in [2.45, 2.75) is 51.1 Å². The second-order valence-electron chi connectivity index (χ2n) is 5.51. The molecule has 0 bridgehead atoms. The zero-order valence-electron chi connectivity index (χ0n) is 10.7. The fraction of sp³-hybridized carbons (Fsp3) is 0.923. The van der Waals surface area contributed by atoms with Gasteiger partial charge in [0.25, 0.3) is 0 Å². The van der Waals surface area contributed by atoms with E-state index in [1.54, 1.807) is 0 Å². The van der Waals surface area contributed by atoms with E-state index in [-0.39, 0.29) is 23.9 Å². The molecule has 1 amide bonds. The monoisotopic (exact) mass is 240 g/mol. The molecule has 1 aliphatic heterocycles. The summed E-state index contributed by atoms with van der Waals surface area (Å²) in [4.78, 5) is 12.2. The Morgan fingerprint density at radius 1 is 1.29 bits per heavy atom. The third kappa shape index (κ3) is 3.19. The molecule has 4 nitrogen and oxygen atoms in total. The first-order chi connectivity index (χ1) is 8.18. The van der Waals surface area contributed by atoms with Crippen molar-refractivity contribution in [2.75, 3.05) is 13.2 Å². The van der Waals surface area contributed by atoms with Gasteiger partial charge in [0.1, 0.15) is 0 Å². The molecule has 0 radical (unpaired) electrons. The van der Waals surface area contributed by atoms with Crippen molar-refractivity contribution in [3.63, 3.8) is 0 Å². The van der Waals surface area contributed by atoms with Crippen LogP contribution in [0.15, 0.2) is 0 Å². The number of ether oxygens (including phenoxy) is 1. The predicted molar refractivity (Wildman–Crippen MR) is 66.5 cm³/mol. The van der Waals surface area contributed by atoms with Gasteiger partial charge < -0.3 is 15.8 Å². The SMILES string of the molecule is CC1CCCC(C(=O)NC2CCCOC2)C1N. The van der Waals surface area contributed by atoms with Gasteiger partial charge in [-0.15, -0.1) is 0 Å². The van der Waals surface area contributed by atoms with Crippen LogP contribution in [0.2, 0.25) is 0 Å². The van der Waals surface area contributed by atoms with Gasteiger partial charge in [0.05, 0.1) is 18.6 Å². The van der Waals surface area contributed by atoms with E-state index in [4.69, 9.17) is 10.5 Å². The third-order valence-corrected chi connectivity index (χ3v) is 4.14. The Balaban J connectivity index is 1.85. The first kappa shape index (κ1) is 12.8. The summed E-state index contributed by atoms with van der Waals surface area (Å²) >= 11 is 0. The first-order valence-electron chi connectivity index (χ1n) is 6.82. The molecule has 0 aromatic heterocycles. The van der Waals surface area contributed by atoms with Crippen LogP contribution in [0, 0.1) is 11.8 Å². The van der Waals surface area contributed by atoms with Crippen LogP contribution in [0.4, 0.5) is 0 Å². The lowest BCUT2D eigenvalue weighted by atomic mass is 9.77. The van der Waals surface area contributed by atoms with Gasteiger partial charge in [-0.1, -0.05) is 13.3 Å². The Bertz CT molecular complexity index is 264. The summed E-state index contributed by atoms with van der Waals surface area (Å²) in [6.45, 7) is 3.63. The van der Waals surface area contributed by atoms with Crippen molar-refractivity contribution in [1.82, 2.24) is 5.32 Å². The Morgan fingerprint density at radius 2 is 2.12 bits per heavy atom. The number of amides is 1. The van der Waals surface area contributed by atoms with Crippen LogP contribution in [0.1, 0.15) is 39.0 Å². The zero-order chi connectivity index (χ0) is 12.3. The van der Waals surface area contributed by atoms with Crippen LogP contribution in [0.5, 0.6) is 0 Å². The van der Waals surface area contributed by atoms with Crippen LogP contribution in [-0.4, -0.2) is 31.2 Å². The number of hydrogen-bond donors (Lipinski definition) is 2. The summed E-state index contributed by atoms with van der Waals surface area (Å²) in [5, 5.41) is 3.10. The molecule has 0 spiro atoms. The van der Waals surface area contributed by atoms with Gasteiger partial charge in [-0.05, 0) is 31.6 Å². The maximum Gasteiger partial charge on any atom is 0.224 e. The molecule has 3 N–H and O–H groups in total. The first-order valence-corrected chi connectivity index (χ1v) is 6.82. The molecule has 1 saturated carbocycles. The number of hydrogen-bond acceptors (Lipinski definition) is 3. The molecule has 2 fully saturated rings. The second kappa shape index (κ2) is 5.83. The highest BCUT2D eigenvalue weighted by molar-refractivity contribution is 5.79. The molecule has 4 heteroatoms. The molecule has 2 rings (SSSR count). The summed E-state index contributed by atoms with van der Waals surface area (Å²) in [6.07, 6.45) is 5.28. The number of carbonyl (C=O) groups is 1. The van der Waals surface area contributed by atoms with Gasteiger partial charge in [-0.2, -0.15) is 0 Å². The molecular formula is C13H24N2O2. The Kier molecular flexibility index (Phi) is 4.40. The molecular weight excluding hydrogens is 216 g/mol. The summed E-state index contributed by atoms with van der Waals surface area (Å²) in [6, 6.07) is 0.217. The fourth-order valence-electron chi connectivity index (χ4n) is 2.91. The Hall–Kier alpha value is -0.610. The van der Waals surface area contributed by atoms with E-state index >= 15 is 0 Å². The highest BCUT2D eigenvalue weighted by Crippen LogP contribution is 2.28. The summed E-state index contributed by atoms with van der Waals surface area (Å²) < 4.78 is 5.37. The second-order valence-corrected chi connectivity index (χ2v) is 5.51. The highest BCUT2D eigenvalue weighted by atomic mass is 16.5. The standard InChI is InChI=1S/C13H24N2O2/c1-9-4-2-6-11(12(9)14)13(16)15-10-5-3-7-17-8-10/h9-12H,2-8,14H2,1H3,(H,15,16). The summed E-state index contributed by atoms with van der Waals surface area (Å²) in [5.74, 6) is 0.599. The van der Waals surface area contributed by atoms with Crippen molar-refractivity contribution >= 4 is 5.91 Å². The van der Waals surface area contributed by atoms with Crippen molar-refractivity contribution in [3.8, 4) is 0 Å². The van der Waals surface area contributed by atoms with E-state index in [0.29, 0.717) is 12.5 Å². The largest absolute Gasteiger partial charge is 0.379 e. The van der Waals surface area contributed by atoms with E-state index in [0.717, 1.165) is 38.7 Å². The molecule has 1 aliphatic carbocycles. The van der Waals surface area contributed by atoms with Crippen molar-refractivity contribution < 1.29 is 9.53 Å². The van der Waals surface area contributed by atoms with Gasteiger partial charge in [0, 0.05) is 12.6 Å². The lowest BCUT2D eigenvalue weighted by Crippen LogP contribution is -2.51. The van der Waals surface area contributed by atoms with Crippen molar-refractivity contribution in [2.24, 2.45) is 17.6 Å². The minimum Gasteiger partial charge on any atom is -0.379 e. The molecule has 4 atom stereocenters. The molecule has 2 aliphatic rings. The quantitative estimate of drug-likeness (QED) is 0.758. The molecule has 1 heterocycles. The number of carbonyl (C=O) groups excluding carboxylic acids is 1. The van der Waals surface area contributed by atoms with Crippen LogP contribution in [-0.2, 0) is 9.53 Å². The normalized spacial score (nSPS) is 38.7. The zero-order valence-corrected chi connectivity index (χ0v) is 10.7. The molecule has 17 heavy (non-hydrogen) atoms. The highest BCUT2D eigenvalue weighted by Gasteiger charge is 2.33. The molecule has 98 valence electrons. The van der Waals surface area contributed by atoms with Crippen LogP contribution < -0.4 is 11.1 Å². The third-order valence-electron chi connectivity index (χ3n) is 4.14. The van der Waals surface area contributed by atoms with Gasteiger partial charge >= 0.3 is 0 Å². The number of rotatable bonds is 2. The lowest BCUT2D eigenvalue weighted by molar-refractivity contribution is -0.128. The smallest absolute Gasteiger partial charge is 0.224 e. The van der Waals surface area contributed by atoms with E-state index in [1.165, 1.54) is 0 Å². The average Bonchev–Trinajstić information content (AvgIpc) is 2.34. The van der Waals surface area contributed by atoms with Crippen LogP contribution in [0.25, 0.3) is 0 Å². The van der Waals surface area contributed by atoms with Crippen molar-refractivity contribution in [1.29, 1.82) is 0 Å². The Labute approximate surface area is 103 Å². The van der Waals surface area contributed by atoms with Gasteiger partial charge in [-0.3, -0.25) is 4.79 Å². The van der Waals surface area contributed by atoms with Gasteiger partial charge in [0.2, 0.25) is 5.91 Å². The summed E-state index contributed by atoms with van der Waals surface area (Å²) in [5.41, 5.74) is 6.14. The number of nitrogens with one attached hydrogen (secondary N) is 1. The number of nitrogens with two attached hydrogens (primary N) is 1. The maximum absolute atomic E-state index is 12.2. The minimum absolute atomic E-state index is 0.000626. The van der Waals surface area contributed by atoms with Crippen LogP contribution >= 0.6 is 0 Å². The average molecular weight is 240 g/mol. The van der Waals surface area contributed by atoms with Gasteiger partial charge in [0.15, 0.2) is 0 Å². The predicted octanol–water partition coefficient (Wildman–Crippen LogP) is 1.05.